The van der Waals surface area contributed by atoms with E-state index in [1.165, 1.54) is 12.1 Å². The fourth-order valence-corrected chi connectivity index (χ4v) is 2.01. The van der Waals surface area contributed by atoms with Crippen molar-refractivity contribution in [3.63, 3.8) is 0 Å². The second-order valence-electron chi connectivity index (χ2n) is 3.30. The number of hydrogen-bond donors (Lipinski definition) is 1. The Morgan fingerprint density at radius 2 is 1.94 bits per heavy atom. The molecule has 0 aliphatic heterocycles. The molecule has 0 aliphatic rings. The lowest BCUT2D eigenvalue weighted by atomic mass is 10.2. The molecule has 0 saturated carbocycles. The molecule has 0 fully saturated rings. The molecular weight excluding hydrogens is 245 g/mol. The Morgan fingerprint density at radius 1 is 1.38 bits per heavy atom. The zero-order valence-electron chi connectivity index (χ0n) is 8.54. The highest BCUT2D eigenvalue weighted by molar-refractivity contribution is 7.97. The summed E-state index contributed by atoms with van der Waals surface area (Å²) in [6.07, 6.45) is -3.94. The fourth-order valence-electron chi connectivity index (χ4n) is 1.12. The van der Waals surface area contributed by atoms with Crippen LogP contribution in [0.4, 0.5) is 13.2 Å². The molecular formula is C9H10F3O3S+. The van der Waals surface area contributed by atoms with Gasteiger partial charge in [-0.2, -0.15) is 4.55 Å². The van der Waals surface area contributed by atoms with Crippen LogP contribution in [0.25, 0.3) is 0 Å². The maximum Gasteiger partial charge on any atom is 0.573 e. The maximum absolute atomic E-state index is 12.0. The van der Waals surface area contributed by atoms with Crippen LogP contribution in [0.3, 0.4) is 0 Å². The largest absolute Gasteiger partial charge is 0.573 e. The van der Waals surface area contributed by atoms with Gasteiger partial charge in [0.25, 0.3) is 0 Å². The molecule has 3 nitrogen and oxygen atoms in total. The van der Waals surface area contributed by atoms with E-state index in [0.29, 0.717) is 5.56 Å². The molecule has 0 bridgehead atoms. The number of benzene rings is 1. The van der Waals surface area contributed by atoms with Crippen LogP contribution >= 0.6 is 0 Å². The Kier molecular flexibility index (Phi) is 3.30. The van der Waals surface area contributed by atoms with Gasteiger partial charge >= 0.3 is 6.36 Å². The third-order valence-electron chi connectivity index (χ3n) is 1.73. The second kappa shape index (κ2) is 4.06. The molecule has 0 aromatic heterocycles. The molecule has 1 unspecified atom stereocenters. The van der Waals surface area contributed by atoms with Crippen LogP contribution in [0.1, 0.15) is 5.56 Å². The van der Waals surface area contributed by atoms with Gasteiger partial charge in [0.05, 0.1) is 0 Å². The Bertz CT molecular complexity index is 436. The summed E-state index contributed by atoms with van der Waals surface area (Å²) < 4.78 is 60.3. The Morgan fingerprint density at radius 3 is 2.38 bits per heavy atom. The normalized spacial score (nSPS) is 15.6. The van der Waals surface area contributed by atoms with Crippen molar-refractivity contribution in [2.45, 2.75) is 18.2 Å². The number of ether oxygens (including phenoxy) is 1. The molecule has 1 atom stereocenters. The number of halogens is 3. The summed E-state index contributed by atoms with van der Waals surface area (Å²) >= 11 is 0. The first kappa shape index (κ1) is 13.0. The van der Waals surface area contributed by atoms with Crippen LogP contribution < -0.4 is 4.74 Å². The minimum atomic E-state index is -4.88. The lowest BCUT2D eigenvalue weighted by Gasteiger charge is -2.11. The van der Waals surface area contributed by atoms with Gasteiger partial charge in [0.15, 0.2) is 5.75 Å². The number of aryl methyl sites for hydroxylation is 1. The maximum atomic E-state index is 12.0. The molecule has 1 N–H and O–H groups in total. The van der Waals surface area contributed by atoms with E-state index in [1.54, 1.807) is 6.92 Å². The van der Waals surface area contributed by atoms with Crippen LogP contribution in [0.15, 0.2) is 23.1 Å². The molecule has 0 heterocycles. The smallest absolute Gasteiger partial charge is 0.400 e. The Balaban J connectivity index is 3.24. The van der Waals surface area contributed by atoms with Crippen molar-refractivity contribution in [2.24, 2.45) is 0 Å². The third kappa shape index (κ3) is 3.49. The third-order valence-corrected chi connectivity index (χ3v) is 2.87. The predicted molar refractivity (Wildman–Crippen MR) is 52.7 cm³/mol. The molecule has 16 heavy (non-hydrogen) atoms. The molecule has 7 heteroatoms. The van der Waals surface area contributed by atoms with Gasteiger partial charge < -0.3 is 4.74 Å². The van der Waals surface area contributed by atoms with Crippen LogP contribution in [0, 0.1) is 6.92 Å². The molecule has 0 radical (unpaired) electrons. The van der Waals surface area contributed by atoms with Crippen molar-refractivity contribution >= 4 is 10.2 Å². The zero-order chi connectivity index (χ0) is 12.6. The summed E-state index contributed by atoms with van der Waals surface area (Å²) in [6.45, 7) is 1.60. The predicted octanol–water partition coefficient (Wildman–Crippen LogP) is 2.85. The van der Waals surface area contributed by atoms with Gasteiger partial charge in [-0.1, -0.05) is 10.3 Å². The van der Waals surface area contributed by atoms with Crippen molar-refractivity contribution in [1.29, 1.82) is 0 Å². The second-order valence-corrected chi connectivity index (χ2v) is 5.35. The van der Waals surface area contributed by atoms with E-state index >= 15 is 0 Å². The van der Waals surface area contributed by atoms with E-state index in [9.17, 15) is 21.9 Å². The molecule has 1 rings (SSSR count). The highest BCUT2D eigenvalue weighted by Crippen LogP contribution is 2.32. The summed E-state index contributed by atoms with van der Waals surface area (Å²) in [5, 5.41) is 0. The quantitative estimate of drug-likeness (QED) is 0.826. The van der Waals surface area contributed by atoms with E-state index in [4.69, 9.17) is 0 Å². The highest BCUT2D eigenvalue weighted by atomic mass is 32.3. The van der Waals surface area contributed by atoms with E-state index < -0.39 is 22.3 Å². The topological polar surface area (TPSA) is 46.5 Å². The molecule has 0 spiro atoms. The summed E-state index contributed by atoms with van der Waals surface area (Å²) in [7, 11) is -3.50. The number of rotatable bonds is 2. The standard InChI is InChI=1S/C9H9F3O3S/c1-6-3-4-7(15-9(10,11)12)8(5-6)16(2,13)14/h3-5H,1-2H3/p+1. The van der Waals surface area contributed by atoms with Gasteiger partial charge in [-0.05, 0) is 18.6 Å². The van der Waals surface area contributed by atoms with E-state index in [0.717, 1.165) is 12.3 Å². The minimum absolute atomic E-state index is 0.357. The molecule has 0 saturated heterocycles. The molecule has 0 aliphatic carbocycles. The summed E-state index contributed by atoms with van der Waals surface area (Å²) in [5.41, 5.74) is 0.577. The van der Waals surface area contributed by atoms with Crippen LogP contribution in [0.2, 0.25) is 0 Å². The van der Waals surface area contributed by atoms with E-state index in [-0.39, 0.29) is 4.90 Å². The Labute approximate surface area is 91.5 Å². The Hall–Kier alpha value is -1.08. The van der Waals surface area contributed by atoms with E-state index in [1.807, 2.05) is 0 Å². The zero-order valence-corrected chi connectivity index (χ0v) is 9.35. The van der Waals surface area contributed by atoms with Crippen molar-refractivity contribution in [3.05, 3.63) is 23.8 Å². The van der Waals surface area contributed by atoms with Gasteiger partial charge in [-0.3, -0.25) is 0 Å². The van der Waals surface area contributed by atoms with Crippen LogP contribution in [-0.2, 0) is 14.4 Å². The van der Waals surface area contributed by atoms with Crippen LogP contribution in [0.5, 0.6) is 5.75 Å². The lowest BCUT2D eigenvalue weighted by molar-refractivity contribution is -0.275. The number of alkyl halides is 3. The van der Waals surface area contributed by atoms with Crippen molar-refractivity contribution in [2.75, 3.05) is 6.26 Å². The first-order chi connectivity index (χ1) is 7.09. The van der Waals surface area contributed by atoms with Gasteiger partial charge in [0, 0.05) is 6.07 Å². The van der Waals surface area contributed by atoms with Crippen LogP contribution in [-0.4, -0.2) is 17.2 Å². The highest BCUT2D eigenvalue weighted by Gasteiger charge is 2.36. The fraction of sp³-hybridized carbons (Fsp3) is 0.333. The molecule has 1 aromatic carbocycles. The van der Waals surface area contributed by atoms with Crippen molar-refractivity contribution < 1.29 is 26.7 Å². The lowest BCUT2D eigenvalue weighted by Crippen LogP contribution is -2.20. The summed E-state index contributed by atoms with van der Waals surface area (Å²) in [6, 6.07) is 3.59. The minimum Gasteiger partial charge on any atom is -0.400 e. The van der Waals surface area contributed by atoms with Gasteiger partial charge in [0.1, 0.15) is 6.26 Å². The SMILES string of the molecule is Cc1ccc(OC(F)(F)F)c([S+](C)(=O)O)c1. The van der Waals surface area contributed by atoms with Gasteiger partial charge in [-0.25, -0.2) is 0 Å². The monoisotopic (exact) mass is 255 g/mol. The molecule has 1 aromatic rings. The van der Waals surface area contributed by atoms with Gasteiger partial charge in [-0.15, -0.1) is 13.2 Å². The van der Waals surface area contributed by atoms with E-state index in [2.05, 4.69) is 4.74 Å². The average Bonchev–Trinajstić information content (AvgIpc) is 2.04. The van der Waals surface area contributed by atoms with Gasteiger partial charge in [0.2, 0.25) is 15.1 Å². The summed E-state index contributed by atoms with van der Waals surface area (Å²) in [4.78, 5) is -0.357. The molecule has 0 amide bonds. The summed E-state index contributed by atoms with van der Waals surface area (Å²) in [5.74, 6) is -0.645. The van der Waals surface area contributed by atoms with Crippen molar-refractivity contribution in [1.82, 2.24) is 0 Å². The first-order valence-electron chi connectivity index (χ1n) is 4.17. The average molecular weight is 255 g/mol. The number of hydrogen-bond acceptors (Lipinski definition) is 2. The van der Waals surface area contributed by atoms with Crippen molar-refractivity contribution in [3.8, 4) is 5.75 Å². The first-order valence-corrected chi connectivity index (χ1v) is 6.10. The molecule has 90 valence electrons.